The van der Waals surface area contributed by atoms with Crippen LogP contribution in [0.25, 0.3) is 10.9 Å². The van der Waals surface area contributed by atoms with Gasteiger partial charge in [-0.3, -0.25) is 9.48 Å². The summed E-state index contributed by atoms with van der Waals surface area (Å²) < 4.78 is 7.00. The standard InChI is InChI=1S/C18H19ClN4O2/c1-22(2)17(24)11-23-16-8-7-14(25-3)10-15(16)18(21-23)20-13-6-4-5-12(19)9-13/h4-10H,11H2,1-3H3,(H,20,21). The van der Waals surface area contributed by atoms with Crippen molar-refractivity contribution in [2.75, 3.05) is 26.5 Å². The molecular formula is C18H19ClN4O2. The first-order chi connectivity index (χ1) is 12.0. The molecule has 0 saturated carbocycles. The minimum Gasteiger partial charge on any atom is -0.497 e. The largest absolute Gasteiger partial charge is 0.497 e. The van der Waals surface area contributed by atoms with Gasteiger partial charge in [0.15, 0.2) is 5.82 Å². The number of amides is 1. The number of benzene rings is 2. The molecule has 1 heterocycles. The molecule has 1 N–H and O–H groups in total. The van der Waals surface area contributed by atoms with Gasteiger partial charge in [0.2, 0.25) is 5.91 Å². The quantitative estimate of drug-likeness (QED) is 0.758. The predicted molar refractivity (Wildman–Crippen MR) is 99.7 cm³/mol. The summed E-state index contributed by atoms with van der Waals surface area (Å²) in [7, 11) is 5.07. The van der Waals surface area contributed by atoms with Gasteiger partial charge in [-0.25, -0.2) is 0 Å². The molecule has 3 aromatic rings. The molecule has 0 unspecified atom stereocenters. The smallest absolute Gasteiger partial charge is 0.243 e. The lowest BCUT2D eigenvalue weighted by atomic mass is 10.2. The summed E-state index contributed by atoms with van der Waals surface area (Å²) >= 11 is 6.05. The number of anilines is 2. The van der Waals surface area contributed by atoms with Crippen LogP contribution in [0.1, 0.15) is 0 Å². The van der Waals surface area contributed by atoms with Crippen molar-refractivity contribution in [3.8, 4) is 5.75 Å². The minimum atomic E-state index is -0.0328. The van der Waals surface area contributed by atoms with Gasteiger partial charge in [0.1, 0.15) is 12.3 Å². The first-order valence-corrected chi connectivity index (χ1v) is 8.13. The molecular weight excluding hydrogens is 340 g/mol. The molecule has 0 aliphatic heterocycles. The van der Waals surface area contributed by atoms with Crippen molar-refractivity contribution in [3.63, 3.8) is 0 Å². The van der Waals surface area contributed by atoms with Gasteiger partial charge in [-0.15, -0.1) is 0 Å². The average molecular weight is 359 g/mol. The number of halogens is 1. The molecule has 0 aliphatic carbocycles. The summed E-state index contributed by atoms with van der Waals surface area (Å²) in [4.78, 5) is 13.6. The minimum absolute atomic E-state index is 0.0328. The van der Waals surface area contributed by atoms with Crippen LogP contribution in [0, 0.1) is 0 Å². The highest BCUT2D eigenvalue weighted by Crippen LogP contribution is 2.30. The molecule has 0 radical (unpaired) electrons. The van der Waals surface area contributed by atoms with Gasteiger partial charge in [0.05, 0.1) is 12.6 Å². The van der Waals surface area contributed by atoms with E-state index < -0.39 is 0 Å². The van der Waals surface area contributed by atoms with E-state index >= 15 is 0 Å². The Morgan fingerprint density at radius 1 is 1.28 bits per heavy atom. The van der Waals surface area contributed by atoms with Gasteiger partial charge in [-0.1, -0.05) is 17.7 Å². The van der Waals surface area contributed by atoms with Crippen LogP contribution in [-0.2, 0) is 11.3 Å². The second-order valence-corrected chi connectivity index (χ2v) is 6.25. The molecule has 130 valence electrons. The van der Waals surface area contributed by atoms with Crippen LogP contribution in [0.5, 0.6) is 5.75 Å². The summed E-state index contributed by atoms with van der Waals surface area (Å²) in [6, 6.07) is 13.0. The molecule has 1 aromatic heterocycles. The van der Waals surface area contributed by atoms with Gasteiger partial charge in [-0.2, -0.15) is 5.10 Å². The maximum absolute atomic E-state index is 12.1. The third kappa shape index (κ3) is 3.69. The lowest BCUT2D eigenvalue weighted by molar-refractivity contribution is -0.129. The second kappa shape index (κ2) is 7.03. The third-order valence-electron chi connectivity index (χ3n) is 3.83. The number of fused-ring (bicyclic) bond motifs is 1. The van der Waals surface area contributed by atoms with Crippen LogP contribution in [0.4, 0.5) is 11.5 Å². The van der Waals surface area contributed by atoms with Gasteiger partial charge < -0.3 is 15.0 Å². The highest BCUT2D eigenvalue weighted by molar-refractivity contribution is 6.30. The van der Waals surface area contributed by atoms with E-state index in [1.54, 1.807) is 30.8 Å². The van der Waals surface area contributed by atoms with E-state index in [4.69, 9.17) is 16.3 Å². The Hall–Kier alpha value is -2.73. The van der Waals surface area contributed by atoms with Gasteiger partial charge in [0.25, 0.3) is 0 Å². The van der Waals surface area contributed by atoms with Crippen molar-refractivity contribution in [2.24, 2.45) is 0 Å². The molecule has 6 nitrogen and oxygen atoms in total. The highest BCUT2D eigenvalue weighted by Gasteiger charge is 2.15. The molecule has 0 spiro atoms. The van der Waals surface area contributed by atoms with Crippen molar-refractivity contribution >= 4 is 39.9 Å². The normalized spacial score (nSPS) is 10.7. The zero-order chi connectivity index (χ0) is 18.0. The van der Waals surface area contributed by atoms with E-state index in [9.17, 15) is 4.79 Å². The number of carbonyl (C=O) groups is 1. The van der Waals surface area contributed by atoms with E-state index in [1.165, 1.54) is 0 Å². The van der Waals surface area contributed by atoms with Crippen molar-refractivity contribution in [1.29, 1.82) is 0 Å². The van der Waals surface area contributed by atoms with Crippen LogP contribution >= 0.6 is 11.6 Å². The number of nitrogens with one attached hydrogen (secondary N) is 1. The Morgan fingerprint density at radius 2 is 2.08 bits per heavy atom. The predicted octanol–water partition coefficient (Wildman–Crippen LogP) is 3.53. The Bertz CT molecular complexity index is 921. The van der Waals surface area contributed by atoms with Crippen LogP contribution in [0.15, 0.2) is 42.5 Å². The molecule has 0 aliphatic rings. The Morgan fingerprint density at radius 3 is 2.76 bits per heavy atom. The number of carbonyl (C=O) groups excluding carboxylic acids is 1. The van der Waals surface area contributed by atoms with Crippen molar-refractivity contribution in [1.82, 2.24) is 14.7 Å². The third-order valence-corrected chi connectivity index (χ3v) is 4.06. The molecule has 7 heteroatoms. The van der Waals surface area contributed by atoms with E-state index in [0.717, 1.165) is 22.3 Å². The fourth-order valence-corrected chi connectivity index (χ4v) is 2.66. The number of methoxy groups -OCH3 is 1. The van der Waals surface area contributed by atoms with Crippen LogP contribution in [0.3, 0.4) is 0 Å². The Labute approximate surface area is 150 Å². The second-order valence-electron chi connectivity index (χ2n) is 5.81. The molecule has 0 fully saturated rings. The maximum atomic E-state index is 12.1. The number of likely N-dealkylation sites (N-methyl/N-ethyl adjacent to an activating group) is 1. The topological polar surface area (TPSA) is 59.4 Å². The molecule has 0 saturated heterocycles. The number of hydrogen-bond acceptors (Lipinski definition) is 4. The number of nitrogens with zero attached hydrogens (tertiary/aromatic N) is 3. The summed E-state index contributed by atoms with van der Waals surface area (Å²) in [6.45, 7) is 0.160. The molecule has 0 atom stereocenters. The molecule has 1 amide bonds. The number of ether oxygens (including phenoxy) is 1. The van der Waals surface area contributed by atoms with Crippen LogP contribution in [0.2, 0.25) is 5.02 Å². The van der Waals surface area contributed by atoms with E-state index in [-0.39, 0.29) is 12.5 Å². The van der Waals surface area contributed by atoms with E-state index in [0.29, 0.717) is 10.8 Å². The monoisotopic (exact) mass is 358 g/mol. The number of aromatic nitrogens is 2. The molecule has 2 aromatic carbocycles. The van der Waals surface area contributed by atoms with Gasteiger partial charge >= 0.3 is 0 Å². The Balaban J connectivity index is 2.05. The van der Waals surface area contributed by atoms with Crippen molar-refractivity contribution < 1.29 is 9.53 Å². The lowest BCUT2D eigenvalue weighted by Gasteiger charge is -2.10. The zero-order valence-electron chi connectivity index (χ0n) is 14.3. The maximum Gasteiger partial charge on any atom is 0.243 e. The lowest BCUT2D eigenvalue weighted by Crippen LogP contribution is -2.26. The summed E-state index contributed by atoms with van der Waals surface area (Å²) in [5.41, 5.74) is 1.67. The van der Waals surface area contributed by atoms with Gasteiger partial charge in [-0.05, 0) is 36.4 Å². The SMILES string of the molecule is COc1ccc2c(c1)c(Nc1cccc(Cl)c1)nn2CC(=O)N(C)C. The summed E-state index contributed by atoms with van der Waals surface area (Å²) in [5.74, 6) is 1.33. The number of rotatable bonds is 5. The first-order valence-electron chi connectivity index (χ1n) is 7.75. The fourth-order valence-electron chi connectivity index (χ4n) is 2.47. The summed E-state index contributed by atoms with van der Waals surface area (Å²) in [5, 5.41) is 9.34. The average Bonchev–Trinajstić information content (AvgIpc) is 2.91. The first kappa shape index (κ1) is 17.1. The van der Waals surface area contributed by atoms with Crippen molar-refractivity contribution in [2.45, 2.75) is 6.54 Å². The molecule has 25 heavy (non-hydrogen) atoms. The summed E-state index contributed by atoms with van der Waals surface area (Å²) in [6.07, 6.45) is 0. The number of hydrogen-bond donors (Lipinski definition) is 1. The zero-order valence-corrected chi connectivity index (χ0v) is 15.0. The van der Waals surface area contributed by atoms with Gasteiger partial charge in [0, 0.05) is 30.2 Å². The van der Waals surface area contributed by atoms with E-state index in [1.807, 2.05) is 42.5 Å². The Kier molecular flexibility index (Phi) is 4.81. The van der Waals surface area contributed by atoms with Crippen molar-refractivity contribution in [3.05, 3.63) is 47.5 Å². The van der Waals surface area contributed by atoms with E-state index in [2.05, 4.69) is 10.4 Å². The highest BCUT2D eigenvalue weighted by atomic mass is 35.5. The molecule has 3 rings (SSSR count). The fraction of sp³-hybridized carbons (Fsp3) is 0.222. The molecule has 0 bridgehead atoms. The van der Waals surface area contributed by atoms with Crippen LogP contribution in [-0.4, -0.2) is 41.8 Å². The van der Waals surface area contributed by atoms with Crippen LogP contribution < -0.4 is 10.1 Å².